The molecule has 2 heterocycles. The van der Waals surface area contributed by atoms with Crippen LogP contribution in [-0.2, 0) is 0 Å². The lowest BCUT2D eigenvalue weighted by atomic mass is 9.92. The molecule has 0 amide bonds. The summed E-state index contributed by atoms with van der Waals surface area (Å²) in [5, 5.41) is 6.09. The first-order valence-electron chi connectivity index (χ1n) is 7.51. The highest BCUT2D eigenvalue weighted by molar-refractivity contribution is 6.18. The molecule has 2 heteroatoms. The van der Waals surface area contributed by atoms with Gasteiger partial charge in [-0.1, -0.05) is 42.5 Å². The largest absolute Gasteiger partial charge is 0.354 e. The topological polar surface area (TPSA) is 24.9 Å². The van der Waals surface area contributed by atoms with Crippen molar-refractivity contribution < 1.29 is 0 Å². The van der Waals surface area contributed by atoms with Crippen LogP contribution < -0.4 is 5.32 Å². The minimum Gasteiger partial charge on any atom is -0.354 e. The Morgan fingerprint density at radius 1 is 0.727 bits per heavy atom. The fraction of sp³-hybridized carbons (Fsp3) is 0.0500. The molecule has 2 nitrogen and oxygen atoms in total. The van der Waals surface area contributed by atoms with E-state index in [1.54, 1.807) is 0 Å². The highest BCUT2D eigenvalue weighted by Crippen LogP contribution is 2.46. The summed E-state index contributed by atoms with van der Waals surface area (Å²) in [5.41, 5.74) is 8.21. The number of aryl methyl sites for hydroxylation is 1. The second-order valence-corrected chi connectivity index (χ2v) is 5.83. The summed E-state index contributed by atoms with van der Waals surface area (Å²) in [7, 11) is 0. The summed E-state index contributed by atoms with van der Waals surface area (Å²) in [6, 6.07) is 21.2. The molecule has 0 saturated heterocycles. The van der Waals surface area contributed by atoms with E-state index in [0.29, 0.717) is 0 Å². The first kappa shape index (κ1) is 11.8. The van der Waals surface area contributed by atoms with Crippen LogP contribution >= 0.6 is 0 Å². The van der Waals surface area contributed by atoms with E-state index in [1.807, 2.05) is 0 Å². The number of pyridine rings is 1. The minimum absolute atomic E-state index is 1.05. The Morgan fingerprint density at radius 2 is 1.45 bits per heavy atom. The molecule has 0 spiro atoms. The third-order valence-electron chi connectivity index (χ3n) is 4.51. The van der Waals surface area contributed by atoms with E-state index in [0.717, 1.165) is 11.0 Å². The normalized spacial score (nSPS) is 12.2. The number of hydrogen-bond acceptors (Lipinski definition) is 2. The lowest BCUT2D eigenvalue weighted by Crippen LogP contribution is -2.03. The number of para-hydroxylation sites is 1. The molecule has 0 radical (unpaired) electrons. The molecule has 1 aliphatic heterocycles. The van der Waals surface area contributed by atoms with E-state index < -0.39 is 0 Å². The molecular formula is C20H14N2. The predicted octanol–water partition coefficient (Wildman–Crippen LogP) is 5.42. The molecule has 0 saturated carbocycles. The smallest absolute Gasteiger partial charge is 0.0736 e. The monoisotopic (exact) mass is 282 g/mol. The zero-order valence-electron chi connectivity index (χ0n) is 12.2. The van der Waals surface area contributed by atoms with Gasteiger partial charge >= 0.3 is 0 Å². The molecule has 0 bridgehead atoms. The van der Waals surface area contributed by atoms with Crippen molar-refractivity contribution >= 4 is 33.2 Å². The Kier molecular flexibility index (Phi) is 2.18. The number of hydrogen-bond donors (Lipinski definition) is 1. The van der Waals surface area contributed by atoms with Gasteiger partial charge in [0, 0.05) is 22.0 Å². The zero-order chi connectivity index (χ0) is 14.7. The number of fused-ring (bicyclic) bond motifs is 4. The van der Waals surface area contributed by atoms with Gasteiger partial charge in [0.25, 0.3) is 0 Å². The third kappa shape index (κ3) is 1.41. The lowest BCUT2D eigenvalue weighted by molar-refractivity contribution is 1.43. The lowest BCUT2D eigenvalue weighted by Gasteiger charge is -2.24. The van der Waals surface area contributed by atoms with Gasteiger partial charge in [-0.05, 0) is 36.2 Å². The van der Waals surface area contributed by atoms with Gasteiger partial charge in [-0.2, -0.15) is 0 Å². The van der Waals surface area contributed by atoms with Crippen LogP contribution in [-0.4, -0.2) is 4.98 Å². The molecule has 1 N–H and O–H groups in total. The van der Waals surface area contributed by atoms with Gasteiger partial charge in [-0.25, -0.2) is 4.98 Å². The molecule has 0 aliphatic carbocycles. The fourth-order valence-electron chi connectivity index (χ4n) is 3.53. The van der Waals surface area contributed by atoms with Crippen LogP contribution in [0.1, 0.15) is 5.56 Å². The first-order valence-corrected chi connectivity index (χ1v) is 7.51. The van der Waals surface area contributed by atoms with Crippen LogP contribution in [0.5, 0.6) is 0 Å². The van der Waals surface area contributed by atoms with Crippen LogP contribution in [0.2, 0.25) is 0 Å². The number of aromatic nitrogens is 1. The number of nitrogens with zero attached hydrogens (tertiary/aromatic N) is 1. The van der Waals surface area contributed by atoms with Gasteiger partial charge in [-0.15, -0.1) is 0 Å². The maximum atomic E-state index is 4.87. The van der Waals surface area contributed by atoms with E-state index in [2.05, 4.69) is 72.9 Å². The van der Waals surface area contributed by atoms with Gasteiger partial charge in [0.1, 0.15) is 0 Å². The Labute approximate surface area is 128 Å². The van der Waals surface area contributed by atoms with Crippen molar-refractivity contribution in [2.75, 3.05) is 5.32 Å². The Bertz CT molecular complexity index is 1060. The highest BCUT2D eigenvalue weighted by Gasteiger charge is 2.21. The van der Waals surface area contributed by atoms with Gasteiger partial charge in [0.2, 0.25) is 0 Å². The van der Waals surface area contributed by atoms with Crippen molar-refractivity contribution in [1.82, 2.24) is 4.98 Å². The van der Waals surface area contributed by atoms with E-state index in [1.165, 1.54) is 38.8 Å². The Morgan fingerprint density at radius 3 is 2.36 bits per heavy atom. The molecule has 0 fully saturated rings. The highest BCUT2D eigenvalue weighted by atomic mass is 14.9. The van der Waals surface area contributed by atoms with Gasteiger partial charge in [0.05, 0.1) is 16.7 Å². The van der Waals surface area contributed by atoms with E-state index in [-0.39, 0.29) is 0 Å². The summed E-state index contributed by atoms with van der Waals surface area (Å²) >= 11 is 0. The van der Waals surface area contributed by atoms with Crippen LogP contribution in [0, 0.1) is 6.92 Å². The van der Waals surface area contributed by atoms with Gasteiger partial charge in [-0.3, -0.25) is 0 Å². The van der Waals surface area contributed by atoms with E-state index >= 15 is 0 Å². The SMILES string of the molecule is Cc1cccc2nc3cccc4c3c(c12)Nc1ccccc1-4. The van der Waals surface area contributed by atoms with Crippen molar-refractivity contribution in [2.45, 2.75) is 6.92 Å². The molecule has 0 atom stereocenters. The maximum absolute atomic E-state index is 4.87. The predicted molar refractivity (Wildman–Crippen MR) is 92.7 cm³/mol. The summed E-state index contributed by atoms with van der Waals surface area (Å²) in [6.45, 7) is 2.15. The third-order valence-corrected chi connectivity index (χ3v) is 4.51. The molecule has 1 aliphatic rings. The van der Waals surface area contributed by atoms with Crippen LogP contribution in [0.3, 0.4) is 0 Å². The number of nitrogens with one attached hydrogen (secondary N) is 1. The molecule has 5 rings (SSSR count). The Balaban J connectivity index is 2.06. The summed E-state index contributed by atoms with van der Waals surface area (Å²) in [5.74, 6) is 0. The molecular weight excluding hydrogens is 268 g/mol. The van der Waals surface area contributed by atoms with Crippen LogP contribution in [0.15, 0.2) is 60.7 Å². The van der Waals surface area contributed by atoms with Crippen LogP contribution in [0.25, 0.3) is 32.9 Å². The fourth-order valence-corrected chi connectivity index (χ4v) is 3.53. The number of rotatable bonds is 0. The zero-order valence-corrected chi connectivity index (χ0v) is 12.2. The number of anilines is 2. The van der Waals surface area contributed by atoms with Crippen molar-refractivity contribution in [3.63, 3.8) is 0 Å². The van der Waals surface area contributed by atoms with Gasteiger partial charge < -0.3 is 5.32 Å². The average Bonchev–Trinajstić information content (AvgIpc) is 2.55. The van der Waals surface area contributed by atoms with E-state index in [4.69, 9.17) is 4.98 Å². The summed E-state index contributed by atoms with van der Waals surface area (Å²) in [6.07, 6.45) is 0. The van der Waals surface area contributed by atoms with Crippen molar-refractivity contribution in [2.24, 2.45) is 0 Å². The molecule has 22 heavy (non-hydrogen) atoms. The Hall–Kier alpha value is -2.87. The van der Waals surface area contributed by atoms with Crippen molar-refractivity contribution in [1.29, 1.82) is 0 Å². The molecule has 104 valence electrons. The quantitative estimate of drug-likeness (QED) is 0.383. The molecule has 4 aromatic rings. The second kappa shape index (κ2) is 4.08. The van der Waals surface area contributed by atoms with Crippen molar-refractivity contribution in [3.8, 4) is 11.1 Å². The summed E-state index contributed by atoms with van der Waals surface area (Å²) in [4.78, 5) is 4.87. The molecule has 0 unspecified atom stereocenters. The summed E-state index contributed by atoms with van der Waals surface area (Å²) < 4.78 is 0. The number of benzene rings is 3. The van der Waals surface area contributed by atoms with Crippen molar-refractivity contribution in [3.05, 3.63) is 66.2 Å². The first-order chi connectivity index (χ1) is 10.8. The second-order valence-electron chi connectivity index (χ2n) is 5.83. The van der Waals surface area contributed by atoms with Gasteiger partial charge in [0.15, 0.2) is 0 Å². The minimum atomic E-state index is 1.05. The standard InChI is InChI=1S/C20H14N2/c1-12-6-4-10-16-18(12)20-19-14(8-5-11-17(19)21-16)13-7-2-3-9-15(13)22-20/h2-11,22H,1H3. The maximum Gasteiger partial charge on any atom is 0.0736 e. The van der Waals surface area contributed by atoms with Crippen LogP contribution in [0.4, 0.5) is 11.4 Å². The molecule has 3 aromatic carbocycles. The molecule has 1 aromatic heterocycles. The average molecular weight is 282 g/mol. The van der Waals surface area contributed by atoms with E-state index in [9.17, 15) is 0 Å².